The predicted octanol–water partition coefficient (Wildman–Crippen LogP) is 3.69. The Kier molecular flexibility index (Phi) is 6.28. The number of aromatic nitrogens is 4. The van der Waals surface area contributed by atoms with E-state index in [2.05, 4.69) is 46.5 Å². The van der Waals surface area contributed by atoms with Gasteiger partial charge in [-0.25, -0.2) is 4.98 Å². The van der Waals surface area contributed by atoms with E-state index in [1.807, 2.05) is 23.6 Å². The molecule has 0 aliphatic carbocycles. The molecule has 0 saturated carbocycles. The smallest absolute Gasteiger partial charge is 0.273 e. The van der Waals surface area contributed by atoms with Crippen molar-refractivity contribution in [3.05, 3.63) is 53.5 Å². The van der Waals surface area contributed by atoms with Crippen molar-refractivity contribution in [1.29, 1.82) is 0 Å². The summed E-state index contributed by atoms with van der Waals surface area (Å²) in [6, 6.07) is 8.20. The number of oxazole rings is 1. The summed E-state index contributed by atoms with van der Waals surface area (Å²) in [4.78, 5) is 16.3. The Morgan fingerprint density at radius 2 is 2.00 bits per heavy atom. The summed E-state index contributed by atoms with van der Waals surface area (Å²) < 4.78 is 7.42. The van der Waals surface area contributed by atoms with Gasteiger partial charge in [0.05, 0.1) is 5.75 Å². The van der Waals surface area contributed by atoms with Crippen LogP contribution >= 0.6 is 11.8 Å². The second kappa shape index (κ2) is 8.85. The normalized spacial score (nSPS) is 10.9. The average molecular weight is 385 g/mol. The molecule has 7 nitrogen and oxygen atoms in total. The summed E-state index contributed by atoms with van der Waals surface area (Å²) in [6.07, 6.45) is 3.37. The summed E-state index contributed by atoms with van der Waals surface area (Å²) in [5.74, 6) is 1.55. The number of hydrogen-bond donors (Lipinski definition) is 1. The lowest BCUT2D eigenvalue weighted by Gasteiger charge is -2.08. The summed E-state index contributed by atoms with van der Waals surface area (Å²) in [6.45, 7) is 6.69. The van der Waals surface area contributed by atoms with Crippen molar-refractivity contribution in [2.45, 2.75) is 44.5 Å². The molecule has 0 saturated heterocycles. The number of unbranched alkanes of at least 4 members (excludes halogenated alkanes) is 1. The molecule has 1 N–H and O–H groups in total. The van der Waals surface area contributed by atoms with E-state index < -0.39 is 0 Å². The van der Waals surface area contributed by atoms with E-state index >= 15 is 0 Å². The number of rotatable bonds is 8. The summed E-state index contributed by atoms with van der Waals surface area (Å²) in [5.41, 5.74) is 2.51. The number of nitrogens with one attached hydrogen (secondary N) is 1. The van der Waals surface area contributed by atoms with Gasteiger partial charge < -0.3 is 9.73 Å². The van der Waals surface area contributed by atoms with Crippen molar-refractivity contribution in [3.8, 4) is 5.69 Å². The minimum Gasteiger partial charge on any atom is -0.447 e. The third-order valence-corrected chi connectivity index (χ3v) is 4.93. The highest BCUT2D eigenvalue weighted by Gasteiger charge is 2.15. The highest BCUT2D eigenvalue weighted by Crippen LogP contribution is 2.25. The second-order valence-corrected chi connectivity index (χ2v) is 7.17. The topological polar surface area (TPSA) is 85.8 Å². The van der Waals surface area contributed by atoms with Gasteiger partial charge in [-0.05, 0) is 32.4 Å². The molecular formula is C19H23N5O2S. The molecule has 8 heteroatoms. The molecular weight excluding hydrogens is 362 g/mol. The van der Waals surface area contributed by atoms with E-state index in [0.717, 1.165) is 29.5 Å². The molecule has 0 atom stereocenters. The average Bonchev–Trinajstić information content (AvgIpc) is 3.28. The molecule has 2 aromatic heterocycles. The Balaban J connectivity index is 1.66. The molecule has 0 unspecified atom stereocenters. The molecule has 3 rings (SSSR count). The van der Waals surface area contributed by atoms with Crippen LogP contribution in [0.5, 0.6) is 0 Å². The zero-order valence-electron chi connectivity index (χ0n) is 15.7. The number of carbonyl (C=O) groups excluding carboxylic acids is 1. The van der Waals surface area contributed by atoms with Crippen LogP contribution in [0.2, 0.25) is 0 Å². The van der Waals surface area contributed by atoms with Crippen molar-refractivity contribution in [2.24, 2.45) is 0 Å². The van der Waals surface area contributed by atoms with Gasteiger partial charge in [0, 0.05) is 12.2 Å². The summed E-state index contributed by atoms with van der Waals surface area (Å²) >= 11 is 1.47. The largest absolute Gasteiger partial charge is 0.447 e. The number of thioether (sulfide) groups is 1. The van der Waals surface area contributed by atoms with Crippen LogP contribution in [0.1, 0.15) is 47.5 Å². The maximum atomic E-state index is 12.0. The number of carbonyl (C=O) groups is 1. The lowest BCUT2D eigenvalue weighted by atomic mass is 10.2. The van der Waals surface area contributed by atoms with Crippen LogP contribution in [0.4, 0.5) is 0 Å². The Morgan fingerprint density at radius 3 is 2.74 bits per heavy atom. The van der Waals surface area contributed by atoms with Crippen LogP contribution in [0.3, 0.4) is 0 Å². The molecule has 0 radical (unpaired) electrons. The van der Waals surface area contributed by atoms with Gasteiger partial charge in [0.1, 0.15) is 12.1 Å². The van der Waals surface area contributed by atoms with E-state index in [1.165, 1.54) is 23.6 Å². The van der Waals surface area contributed by atoms with Crippen LogP contribution in [-0.4, -0.2) is 32.2 Å². The monoisotopic (exact) mass is 385 g/mol. The zero-order chi connectivity index (χ0) is 19.2. The Morgan fingerprint density at radius 1 is 1.22 bits per heavy atom. The van der Waals surface area contributed by atoms with Crippen molar-refractivity contribution in [3.63, 3.8) is 0 Å². The van der Waals surface area contributed by atoms with Gasteiger partial charge in [0.15, 0.2) is 10.9 Å². The van der Waals surface area contributed by atoms with E-state index in [4.69, 9.17) is 4.42 Å². The minimum atomic E-state index is -0.206. The SMILES string of the molecule is CCCCNC(=O)c1coc(CSc2nnc(C)n2-c2ccc(C)cc2)n1. The molecule has 0 spiro atoms. The van der Waals surface area contributed by atoms with Gasteiger partial charge in [0.25, 0.3) is 5.91 Å². The third kappa shape index (κ3) is 4.77. The first kappa shape index (κ1) is 19.2. The molecule has 0 fully saturated rings. The second-order valence-electron chi connectivity index (χ2n) is 6.23. The lowest BCUT2D eigenvalue weighted by Crippen LogP contribution is -2.24. The molecule has 3 aromatic rings. The standard InChI is InChI=1S/C19H23N5O2S/c1-4-5-10-20-18(25)16-11-26-17(21-16)12-27-19-23-22-14(3)24(19)15-8-6-13(2)7-9-15/h6-9,11H,4-5,10,12H2,1-3H3,(H,20,25). The van der Waals surface area contributed by atoms with Gasteiger partial charge in [0.2, 0.25) is 5.89 Å². The van der Waals surface area contributed by atoms with Crippen LogP contribution in [0.15, 0.2) is 40.1 Å². The molecule has 27 heavy (non-hydrogen) atoms. The number of benzene rings is 1. The van der Waals surface area contributed by atoms with Crippen LogP contribution in [0, 0.1) is 13.8 Å². The minimum absolute atomic E-state index is 0.206. The number of hydrogen-bond acceptors (Lipinski definition) is 6. The fourth-order valence-corrected chi connectivity index (χ4v) is 3.35. The summed E-state index contributed by atoms with van der Waals surface area (Å²) in [7, 11) is 0. The first-order valence-corrected chi connectivity index (χ1v) is 9.91. The van der Waals surface area contributed by atoms with E-state index in [0.29, 0.717) is 23.9 Å². The third-order valence-electron chi connectivity index (χ3n) is 4.01. The lowest BCUT2D eigenvalue weighted by molar-refractivity contribution is 0.0948. The number of aryl methyl sites for hydroxylation is 2. The Hall–Kier alpha value is -2.61. The molecule has 1 aromatic carbocycles. The molecule has 1 amide bonds. The fourth-order valence-electron chi connectivity index (χ4n) is 2.50. The Labute approximate surface area is 162 Å². The van der Waals surface area contributed by atoms with E-state index in [9.17, 15) is 4.79 Å². The van der Waals surface area contributed by atoms with Crippen molar-refractivity contribution < 1.29 is 9.21 Å². The van der Waals surface area contributed by atoms with Crippen molar-refractivity contribution in [2.75, 3.05) is 6.54 Å². The van der Waals surface area contributed by atoms with Crippen molar-refractivity contribution in [1.82, 2.24) is 25.1 Å². The van der Waals surface area contributed by atoms with Crippen LogP contribution in [0.25, 0.3) is 5.69 Å². The maximum absolute atomic E-state index is 12.0. The molecule has 0 aliphatic rings. The molecule has 0 aliphatic heterocycles. The summed E-state index contributed by atoms with van der Waals surface area (Å²) in [5, 5.41) is 12.0. The first-order valence-electron chi connectivity index (χ1n) is 8.93. The van der Waals surface area contributed by atoms with Gasteiger partial charge >= 0.3 is 0 Å². The zero-order valence-corrected chi connectivity index (χ0v) is 16.5. The van der Waals surface area contributed by atoms with Gasteiger partial charge in [-0.2, -0.15) is 0 Å². The highest BCUT2D eigenvalue weighted by molar-refractivity contribution is 7.98. The number of nitrogens with zero attached hydrogens (tertiary/aromatic N) is 4. The maximum Gasteiger partial charge on any atom is 0.273 e. The first-order chi connectivity index (χ1) is 13.1. The van der Waals surface area contributed by atoms with Crippen LogP contribution in [-0.2, 0) is 5.75 Å². The van der Waals surface area contributed by atoms with Crippen LogP contribution < -0.4 is 5.32 Å². The van der Waals surface area contributed by atoms with Gasteiger partial charge in [-0.3, -0.25) is 9.36 Å². The fraction of sp³-hybridized carbons (Fsp3) is 0.368. The van der Waals surface area contributed by atoms with E-state index in [-0.39, 0.29) is 5.91 Å². The van der Waals surface area contributed by atoms with Gasteiger partial charge in [-0.15, -0.1) is 10.2 Å². The Bertz CT molecular complexity index is 901. The van der Waals surface area contributed by atoms with E-state index in [1.54, 1.807) is 0 Å². The van der Waals surface area contributed by atoms with Gasteiger partial charge in [-0.1, -0.05) is 42.8 Å². The quantitative estimate of drug-likeness (QED) is 0.470. The molecule has 2 heterocycles. The van der Waals surface area contributed by atoms with Crippen molar-refractivity contribution >= 4 is 17.7 Å². The highest BCUT2D eigenvalue weighted by atomic mass is 32.2. The predicted molar refractivity (Wildman–Crippen MR) is 104 cm³/mol. The number of amides is 1. The molecule has 0 bridgehead atoms. The molecule has 142 valence electrons.